The number of amides is 1. The molecule has 0 atom stereocenters. The maximum Gasteiger partial charge on any atom is 0.355 e. The molecule has 1 aliphatic rings. The lowest BCUT2D eigenvalue weighted by Gasteiger charge is -2.29. The highest BCUT2D eigenvalue weighted by Gasteiger charge is 2.26. The second-order valence-electron chi connectivity index (χ2n) is 11.1. The molecule has 0 bridgehead atoms. The summed E-state index contributed by atoms with van der Waals surface area (Å²) >= 11 is 2.78. The van der Waals surface area contributed by atoms with Crippen molar-refractivity contribution in [1.82, 2.24) is 14.9 Å². The Morgan fingerprint density at radius 1 is 1.09 bits per heavy atom. The average Bonchev–Trinajstić information content (AvgIpc) is 3.64. The lowest BCUT2D eigenvalue weighted by Crippen LogP contribution is -2.32. The number of halogens is 1. The van der Waals surface area contributed by atoms with Crippen molar-refractivity contribution in [3.05, 3.63) is 99.3 Å². The number of rotatable bonds is 11. The van der Waals surface area contributed by atoms with Gasteiger partial charge in [0, 0.05) is 41.7 Å². The quantitative estimate of drug-likeness (QED) is 0.157. The molecule has 0 spiro atoms. The molecule has 2 N–H and O–H groups in total. The van der Waals surface area contributed by atoms with Crippen molar-refractivity contribution in [2.75, 3.05) is 37.5 Å². The number of fused-ring (bicyclic) bond motifs is 2. The molecule has 0 saturated heterocycles. The third-order valence-electron chi connectivity index (χ3n) is 7.52. The number of thiazole rings is 2. The molecule has 0 aliphatic carbocycles. The van der Waals surface area contributed by atoms with Crippen molar-refractivity contribution in [2.45, 2.75) is 32.4 Å². The molecule has 9 nitrogen and oxygen atoms in total. The molecule has 1 amide bonds. The van der Waals surface area contributed by atoms with Crippen molar-refractivity contribution in [3.8, 4) is 5.75 Å². The molecule has 6 rings (SSSR count). The number of benzene rings is 3. The zero-order valence-corrected chi connectivity index (χ0v) is 26.5. The largest absolute Gasteiger partial charge is 0.493 e. The Balaban J connectivity index is 1.12. The van der Waals surface area contributed by atoms with Gasteiger partial charge in [-0.2, -0.15) is 0 Å². The van der Waals surface area contributed by atoms with Gasteiger partial charge in [0.1, 0.15) is 11.6 Å². The number of ether oxygens (including phenoxy) is 1. The highest BCUT2D eigenvalue weighted by molar-refractivity contribution is 7.22. The van der Waals surface area contributed by atoms with Crippen molar-refractivity contribution in [2.24, 2.45) is 0 Å². The Kier molecular flexibility index (Phi) is 9.06. The summed E-state index contributed by atoms with van der Waals surface area (Å²) in [4.78, 5) is 39.1. The summed E-state index contributed by atoms with van der Waals surface area (Å²) in [6, 6.07) is 18.3. The average molecular weight is 646 g/mol. The van der Waals surface area contributed by atoms with E-state index in [4.69, 9.17) is 4.74 Å². The minimum atomic E-state index is -1.08. The van der Waals surface area contributed by atoms with Gasteiger partial charge in [-0.25, -0.2) is 19.2 Å². The van der Waals surface area contributed by atoms with Crippen LogP contribution in [0.15, 0.2) is 60.7 Å². The summed E-state index contributed by atoms with van der Waals surface area (Å²) in [5.74, 6) is -1.19. The smallest absolute Gasteiger partial charge is 0.355 e. The predicted octanol–water partition coefficient (Wildman–Crippen LogP) is 6.48. The summed E-state index contributed by atoms with van der Waals surface area (Å²) in [6.07, 6.45) is 1.70. The third-order valence-corrected chi connectivity index (χ3v) is 9.65. The van der Waals surface area contributed by atoms with E-state index in [1.54, 1.807) is 12.1 Å². The zero-order valence-electron chi connectivity index (χ0n) is 24.9. The van der Waals surface area contributed by atoms with Gasteiger partial charge in [-0.05, 0) is 68.8 Å². The van der Waals surface area contributed by atoms with E-state index in [9.17, 15) is 19.1 Å². The van der Waals surface area contributed by atoms with Gasteiger partial charge in [-0.15, -0.1) is 11.3 Å². The Hall–Kier alpha value is -4.39. The van der Waals surface area contributed by atoms with Gasteiger partial charge >= 0.3 is 5.97 Å². The van der Waals surface area contributed by atoms with E-state index in [1.165, 1.54) is 28.7 Å². The number of carboxylic acids is 1. The summed E-state index contributed by atoms with van der Waals surface area (Å²) in [5, 5.41) is 14.0. The number of aromatic carboxylic acids is 1. The third kappa shape index (κ3) is 6.98. The van der Waals surface area contributed by atoms with Crippen LogP contribution in [0.2, 0.25) is 0 Å². The monoisotopic (exact) mass is 645 g/mol. The van der Waals surface area contributed by atoms with Crippen LogP contribution in [-0.4, -0.2) is 59.1 Å². The molecule has 5 aromatic rings. The van der Waals surface area contributed by atoms with Gasteiger partial charge in [0.05, 0.1) is 16.8 Å². The first-order valence-electron chi connectivity index (χ1n) is 14.6. The number of hydrogen-bond donors (Lipinski definition) is 2. The highest BCUT2D eigenvalue weighted by Crippen LogP contribution is 2.33. The second-order valence-corrected chi connectivity index (χ2v) is 13.2. The van der Waals surface area contributed by atoms with E-state index < -0.39 is 5.97 Å². The standard InChI is InChI=1S/C33H32FN5O4S2/c1-38(2)18-21-12-13-22(17-25(21)34)43-16-6-11-28-29(31(41)42)36-33(45-28)39-15-14-20-7-5-8-23(24(20)19-39)30(40)37-32-35-26-9-3-4-10-27(26)44-32/h3-5,7-10,12-13,17H,6,11,14-16,18-19H2,1-2H3,(H,41,42)(H,35,37,40). The number of aromatic nitrogens is 2. The Morgan fingerprint density at radius 2 is 1.93 bits per heavy atom. The van der Waals surface area contributed by atoms with E-state index in [0.717, 1.165) is 21.3 Å². The van der Waals surface area contributed by atoms with E-state index in [0.29, 0.717) is 77.5 Å². The van der Waals surface area contributed by atoms with Gasteiger partial charge in [-0.3, -0.25) is 10.1 Å². The lowest BCUT2D eigenvalue weighted by atomic mass is 9.94. The predicted molar refractivity (Wildman–Crippen MR) is 175 cm³/mol. The molecular formula is C33H32FN5O4S2. The van der Waals surface area contributed by atoms with Crippen LogP contribution in [0.4, 0.5) is 14.7 Å². The van der Waals surface area contributed by atoms with Crippen LogP contribution in [0.5, 0.6) is 5.75 Å². The second kappa shape index (κ2) is 13.3. The lowest BCUT2D eigenvalue weighted by molar-refractivity contribution is 0.0690. The first-order valence-corrected chi connectivity index (χ1v) is 16.2. The van der Waals surface area contributed by atoms with Gasteiger partial charge in [0.25, 0.3) is 5.91 Å². The zero-order chi connectivity index (χ0) is 31.5. The van der Waals surface area contributed by atoms with Crippen LogP contribution in [0.25, 0.3) is 10.2 Å². The molecule has 3 heterocycles. The molecule has 232 valence electrons. The van der Waals surface area contributed by atoms with E-state index in [2.05, 4.69) is 15.3 Å². The summed E-state index contributed by atoms with van der Waals surface area (Å²) in [7, 11) is 3.76. The number of aryl methyl sites for hydroxylation is 1. The Bertz CT molecular complexity index is 1840. The van der Waals surface area contributed by atoms with Crippen LogP contribution < -0.4 is 15.0 Å². The minimum absolute atomic E-state index is 0.0294. The summed E-state index contributed by atoms with van der Waals surface area (Å²) < 4.78 is 21.2. The van der Waals surface area contributed by atoms with Crippen LogP contribution in [-0.2, 0) is 25.9 Å². The number of nitrogens with zero attached hydrogens (tertiary/aromatic N) is 4. The van der Waals surface area contributed by atoms with E-state index in [1.807, 2.05) is 66.4 Å². The van der Waals surface area contributed by atoms with Crippen molar-refractivity contribution < 1.29 is 23.8 Å². The molecular weight excluding hydrogens is 614 g/mol. The molecule has 0 radical (unpaired) electrons. The van der Waals surface area contributed by atoms with Crippen LogP contribution in [0.3, 0.4) is 0 Å². The van der Waals surface area contributed by atoms with Gasteiger partial charge in [0.2, 0.25) is 0 Å². The molecule has 1 aliphatic heterocycles. The van der Waals surface area contributed by atoms with E-state index >= 15 is 0 Å². The fourth-order valence-corrected chi connectivity index (χ4v) is 7.35. The van der Waals surface area contributed by atoms with Gasteiger partial charge in [-0.1, -0.05) is 41.7 Å². The molecule has 2 aromatic heterocycles. The molecule has 45 heavy (non-hydrogen) atoms. The fourth-order valence-electron chi connectivity index (χ4n) is 5.37. The van der Waals surface area contributed by atoms with Crippen molar-refractivity contribution in [3.63, 3.8) is 0 Å². The SMILES string of the molecule is CN(C)Cc1ccc(OCCCc2sc(N3CCc4cccc(C(=O)Nc5nc6ccccc6s5)c4C3)nc2C(=O)O)cc1F. The summed E-state index contributed by atoms with van der Waals surface area (Å²) in [6.45, 7) is 1.89. The number of carbonyl (C=O) groups is 2. The maximum atomic E-state index is 14.4. The normalized spacial score (nSPS) is 12.8. The highest BCUT2D eigenvalue weighted by atomic mass is 32.1. The topological polar surface area (TPSA) is 108 Å². The van der Waals surface area contributed by atoms with Crippen LogP contribution >= 0.6 is 22.7 Å². The molecule has 0 saturated carbocycles. The Morgan fingerprint density at radius 3 is 2.71 bits per heavy atom. The molecule has 0 fully saturated rings. The number of carboxylic acid groups (broad SMARTS) is 1. The number of anilines is 2. The van der Waals surface area contributed by atoms with Crippen LogP contribution in [0.1, 0.15) is 48.8 Å². The number of para-hydroxylation sites is 1. The first kappa shape index (κ1) is 30.6. The summed E-state index contributed by atoms with van der Waals surface area (Å²) in [5.41, 5.74) is 4.01. The number of carbonyl (C=O) groups excluding carboxylic acids is 1. The van der Waals surface area contributed by atoms with Gasteiger partial charge < -0.3 is 19.6 Å². The Labute approximate surface area is 267 Å². The molecule has 3 aromatic carbocycles. The number of hydrogen-bond acceptors (Lipinski definition) is 9. The van der Waals surface area contributed by atoms with E-state index in [-0.39, 0.29) is 17.4 Å². The van der Waals surface area contributed by atoms with Gasteiger partial charge in [0.15, 0.2) is 16.0 Å². The number of nitrogens with one attached hydrogen (secondary N) is 1. The van der Waals surface area contributed by atoms with Crippen molar-refractivity contribution >= 4 is 55.0 Å². The van der Waals surface area contributed by atoms with Crippen molar-refractivity contribution in [1.29, 1.82) is 0 Å². The minimum Gasteiger partial charge on any atom is -0.493 e. The molecule has 0 unspecified atom stereocenters. The van der Waals surface area contributed by atoms with Crippen LogP contribution in [0, 0.1) is 5.82 Å². The molecule has 12 heteroatoms. The first-order chi connectivity index (χ1) is 21.7. The fraction of sp³-hybridized carbons (Fsp3) is 0.273. The maximum absolute atomic E-state index is 14.4.